The zero-order valence-electron chi connectivity index (χ0n) is 10.6. The molecule has 0 spiro atoms. The Morgan fingerprint density at radius 3 is 2.60 bits per heavy atom. The minimum Gasteiger partial charge on any atom is -0.496 e. The molecule has 0 aliphatic heterocycles. The van der Waals surface area contributed by atoms with E-state index in [2.05, 4.69) is 21.2 Å². The van der Waals surface area contributed by atoms with Crippen molar-refractivity contribution in [2.45, 2.75) is 12.5 Å². The number of halogens is 1. The second kappa shape index (κ2) is 6.90. The number of nitrogens with two attached hydrogens (primary N) is 1. The molecule has 0 aliphatic carbocycles. The van der Waals surface area contributed by atoms with E-state index in [1.165, 1.54) is 13.2 Å². The van der Waals surface area contributed by atoms with Gasteiger partial charge in [0.05, 0.1) is 19.1 Å². The van der Waals surface area contributed by atoms with Crippen molar-refractivity contribution < 1.29 is 24.2 Å². The molecule has 0 saturated carbocycles. The number of ether oxygens (including phenoxy) is 1. The Morgan fingerprint density at radius 2 is 2.10 bits per heavy atom. The van der Waals surface area contributed by atoms with Crippen molar-refractivity contribution in [1.82, 2.24) is 5.32 Å². The highest BCUT2D eigenvalue weighted by molar-refractivity contribution is 9.10. The lowest BCUT2D eigenvalue weighted by Gasteiger charge is -2.14. The standard InChI is InChI=1S/C12H13BrN2O5/c1-20-9-4-6(13)2-3-7(9)11(17)15-8(12(18)19)5-10(14)16/h2-4,8H,5H2,1H3,(H2,14,16)(H,15,17)(H,18,19)/t8-/m0/s1. The number of hydrogen-bond acceptors (Lipinski definition) is 4. The molecular formula is C12H13BrN2O5. The van der Waals surface area contributed by atoms with E-state index in [9.17, 15) is 14.4 Å². The van der Waals surface area contributed by atoms with Crippen LogP contribution in [0.15, 0.2) is 22.7 Å². The molecule has 0 fully saturated rings. The first-order valence-corrected chi connectivity index (χ1v) is 6.30. The largest absolute Gasteiger partial charge is 0.496 e. The van der Waals surface area contributed by atoms with Gasteiger partial charge in [0.25, 0.3) is 5.91 Å². The van der Waals surface area contributed by atoms with Gasteiger partial charge < -0.3 is 20.9 Å². The van der Waals surface area contributed by atoms with Gasteiger partial charge in [-0.3, -0.25) is 9.59 Å². The number of amides is 2. The van der Waals surface area contributed by atoms with Gasteiger partial charge in [-0.15, -0.1) is 0 Å². The number of methoxy groups -OCH3 is 1. The summed E-state index contributed by atoms with van der Waals surface area (Å²) in [6, 6.07) is 3.27. The quantitative estimate of drug-likeness (QED) is 0.694. The van der Waals surface area contributed by atoms with Crippen LogP contribution >= 0.6 is 15.9 Å². The fraction of sp³-hybridized carbons (Fsp3) is 0.250. The zero-order valence-corrected chi connectivity index (χ0v) is 12.1. The van der Waals surface area contributed by atoms with Crippen molar-refractivity contribution in [2.24, 2.45) is 5.73 Å². The summed E-state index contributed by atoms with van der Waals surface area (Å²) in [5, 5.41) is 11.2. The average Bonchev–Trinajstić information content (AvgIpc) is 2.36. The first kappa shape index (κ1) is 16.0. The van der Waals surface area contributed by atoms with Gasteiger partial charge in [-0.05, 0) is 18.2 Å². The maximum Gasteiger partial charge on any atom is 0.326 e. The van der Waals surface area contributed by atoms with Crippen LogP contribution < -0.4 is 15.8 Å². The number of carboxylic acid groups (broad SMARTS) is 1. The number of benzene rings is 1. The molecular weight excluding hydrogens is 332 g/mol. The molecule has 0 heterocycles. The second-order valence-corrected chi connectivity index (χ2v) is 4.80. The van der Waals surface area contributed by atoms with Crippen LogP contribution in [-0.2, 0) is 9.59 Å². The minimum atomic E-state index is -1.38. The van der Waals surface area contributed by atoms with Gasteiger partial charge in [0, 0.05) is 4.47 Å². The van der Waals surface area contributed by atoms with Gasteiger partial charge in [-0.25, -0.2) is 4.79 Å². The number of carboxylic acids is 1. The normalized spacial score (nSPS) is 11.5. The van der Waals surface area contributed by atoms with E-state index in [4.69, 9.17) is 15.6 Å². The lowest BCUT2D eigenvalue weighted by atomic mass is 10.1. The molecule has 0 saturated heterocycles. The average molecular weight is 345 g/mol. The van der Waals surface area contributed by atoms with Gasteiger partial charge in [-0.1, -0.05) is 15.9 Å². The highest BCUT2D eigenvalue weighted by Crippen LogP contribution is 2.23. The predicted octanol–water partition coefficient (Wildman–Crippen LogP) is 0.516. The molecule has 1 rings (SSSR count). The summed E-state index contributed by atoms with van der Waals surface area (Å²) < 4.78 is 5.75. The van der Waals surface area contributed by atoms with Crippen molar-refractivity contribution in [3.05, 3.63) is 28.2 Å². The van der Waals surface area contributed by atoms with Crippen LogP contribution in [0.4, 0.5) is 0 Å². The molecule has 1 aromatic rings. The molecule has 0 bridgehead atoms. The molecule has 8 heteroatoms. The van der Waals surface area contributed by atoms with Gasteiger partial charge in [0.15, 0.2) is 0 Å². The van der Waals surface area contributed by atoms with Crippen LogP contribution in [0.25, 0.3) is 0 Å². The number of aliphatic carboxylic acids is 1. The minimum absolute atomic E-state index is 0.159. The van der Waals surface area contributed by atoms with Gasteiger partial charge in [0.2, 0.25) is 5.91 Å². The third kappa shape index (κ3) is 4.23. The van der Waals surface area contributed by atoms with Crippen LogP contribution in [0.5, 0.6) is 5.75 Å². The predicted molar refractivity (Wildman–Crippen MR) is 73.4 cm³/mol. The summed E-state index contributed by atoms with van der Waals surface area (Å²) in [5.74, 6) is -2.54. The highest BCUT2D eigenvalue weighted by Gasteiger charge is 2.24. The Bertz CT molecular complexity index is 547. The molecule has 108 valence electrons. The van der Waals surface area contributed by atoms with Crippen molar-refractivity contribution >= 4 is 33.7 Å². The monoisotopic (exact) mass is 344 g/mol. The van der Waals surface area contributed by atoms with Gasteiger partial charge in [0.1, 0.15) is 11.8 Å². The first-order valence-electron chi connectivity index (χ1n) is 5.50. The topological polar surface area (TPSA) is 119 Å². The fourth-order valence-electron chi connectivity index (χ4n) is 1.49. The Morgan fingerprint density at radius 1 is 1.45 bits per heavy atom. The molecule has 4 N–H and O–H groups in total. The van der Waals surface area contributed by atoms with Crippen LogP contribution in [0.1, 0.15) is 16.8 Å². The summed E-state index contributed by atoms with van der Waals surface area (Å²) in [7, 11) is 1.39. The van der Waals surface area contributed by atoms with Gasteiger partial charge >= 0.3 is 5.97 Å². The van der Waals surface area contributed by atoms with E-state index < -0.39 is 30.2 Å². The fourth-order valence-corrected chi connectivity index (χ4v) is 1.83. The zero-order chi connectivity index (χ0) is 15.3. The first-order chi connectivity index (χ1) is 9.35. The van der Waals surface area contributed by atoms with Crippen LogP contribution in [-0.4, -0.2) is 36.0 Å². The molecule has 0 radical (unpaired) electrons. The van der Waals surface area contributed by atoms with Crippen molar-refractivity contribution in [3.8, 4) is 5.75 Å². The molecule has 0 aliphatic rings. The Kier molecular flexibility index (Phi) is 5.51. The summed E-state index contributed by atoms with van der Waals surface area (Å²) in [6.45, 7) is 0. The number of carbonyl (C=O) groups excluding carboxylic acids is 2. The maximum absolute atomic E-state index is 12.0. The van der Waals surface area contributed by atoms with Crippen molar-refractivity contribution in [1.29, 1.82) is 0 Å². The highest BCUT2D eigenvalue weighted by atomic mass is 79.9. The Balaban J connectivity index is 2.94. The number of rotatable bonds is 6. The third-order valence-electron chi connectivity index (χ3n) is 2.42. The van der Waals surface area contributed by atoms with Crippen LogP contribution in [0, 0.1) is 0 Å². The van der Waals surface area contributed by atoms with E-state index in [1.54, 1.807) is 12.1 Å². The summed E-state index contributed by atoms with van der Waals surface area (Å²) in [5.41, 5.74) is 5.10. The Hall–Kier alpha value is -2.09. The van der Waals surface area contributed by atoms with Gasteiger partial charge in [-0.2, -0.15) is 0 Å². The SMILES string of the molecule is COc1cc(Br)ccc1C(=O)N[C@@H](CC(N)=O)C(=O)O. The van der Waals surface area contributed by atoms with Crippen molar-refractivity contribution in [3.63, 3.8) is 0 Å². The smallest absolute Gasteiger partial charge is 0.326 e. The van der Waals surface area contributed by atoms with E-state index in [0.717, 1.165) is 0 Å². The molecule has 2 amide bonds. The second-order valence-electron chi connectivity index (χ2n) is 3.88. The third-order valence-corrected chi connectivity index (χ3v) is 2.91. The molecule has 7 nitrogen and oxygen atoms in total. The summed E-state index contributed by atoms with van der Waals surface area (Å²) >= 11 is 3.23. The van der Waals surface area contributed by atoms with Crippen LogP contribution in [0.2, 0.25) is 0 Å². The molecule has 1 atom stereocenters. The lowest BCUT2D eigenvalue weighted by Crippen LogP contribution is -2.43. The van der Waals surface area contributed by atoms with E-state index in [1.807, 2.05) is 0 Å². The van der Waals surface area contributed by atoms with Crippen molar-refractivity contribution in [2.75, 3.05) is 7.11 Å². The molecule has 1 aromatic carbocycles. The van der Waals surface area contributed by atoms with E-state index in [-0.39, 0.29) is 11.3 Å². The van der Waals surface area contributed by atoms with E-state index in [0.29, 0.717) is 4.47 Å². The number of carbonyl (C=O) groups is 3. The molecule has 20 heavy (non-hydrogen) atoms. The van der Waals surface area contributed by atoms with Crippen LogP contribution in [0.3, 0.4) is 0 Å². The number of nitrogens with one attached hydrogen (secondary N) is 1. The summed E-state index contributed by atoms with van der Waals surface area (Å²) in [6.07, 6.45) is -0.486. The van der Waals surface area contributed by atoms with E-state index >= 15 is 0 Å². The molecule has 0 unspecified atom stereocenters. The molecule has 0 aromatic heterocycles. The lowest BCUT2D eigenvalue weighted by molar-refractivity contribution is -0.140. The number of hydrogen-bond donors (Lipinski definition) is 3. The maximum atomic E-state index is 12.0. The Labute approximate surface area is 123 Å². The number of primary amides is 1. The summed E-state index contributed by atoms with van der Waals surface area (Å²) in [4.78, 5) is 33.7.